The maximum absolute atomic E-state index is 5.80. The minimum atomic E-state index is -0.0530. The van der Waals surface area contributed by atoms with Crippen LogP contribution in [0.2, 0.25) is 0 Å². The molecule has 0 bridgehead atoms. The molecule has 1 aliphatic rings. The Labute approximate surface area is 137 Å². The standard InChI is InChI=1S/C14H23N5.HI/c1-14(2,3)19-13(15)16-7-6-10-8-17-12(18-9-10)11-4-5-11;/h8-9,11H,4-7H2,1-3H3,(H3,15,16,19);1H. The Kier molecular flexibility index (Phi) is 6.16. The van der Waals surface area contributed by atoms with E-state index in [1.807, 2.05) is 12.4 Å². The lowest BCUT2D eigenvalue weighted by atomic mass is 10.1. The molecular weight excluding hydrogens is 365 g/mol. The number of nitrogens with one attached hydrogen (secondary N) is 1. The van der Waals surface area contributed by atoms with E-state index in [1.54, 1.807) is 0 Å². The number of aromatic nitrogens is 2. The first-order valence-electron chi connectivity index (χ1n) is 6.83. The van der Waals surface area contributed by atoms with E-state index in [0.29, 0.717) is 18.4 Å². The van der Waals surface area contributed by atoms with Gasteiger partial charge in [-0.1, -0.05) is 0 Å². The highest BCUT2D eigenvalue weighted by molar-refractivity contribution is 14.0. The monoisotopic (exact) mass is 389 g/mol. The van der Waals surface area contributed by atoms with Crippen molar-refractivity contribution in [1.82, 2.24) is 15.3 Å². The van der Waals surface area contributed by atoms with Crippen LogP contribution in [0.3, 0.4) is 0 Å². The average Bonchev–Trinajstić information content (AvgIpc) is 3.11. The van der Waals surface area contributed by atoms with Crippen LogP contribution in [-0.2, 0) is 6.42 Å². The lowest BCUT2D eigenvalue weighted by molar-refractivity contribution is 0.508. The molecule has 0 unspecified atom stereocenters. The molecule has 1 saturated carbocycles. The van der Waals surface area contributed by atoms with Gasteiger partial charge in [-0.3, -0.25) is 4.99 Å². The van der Waals surface area contributed by atoms with Gasteiger partial charge in [-0.2, -0.15) is 0 Å². The van der Waals surface area contributed by atoms with E-state index in [1.165, 1.54) is 12.8 Å². The van der Waals surface area contributed by atoms with Crippen molar-refractivity contribution in [3.05, 3.63) is 23.8 Å². The number of hydrogen-bond donors (Lipinski definition) is 2. The predicted molar refractivity (Wildman–Crippen MR) is 92.5 cm³/mol. The van der Waals surface area contributed by atoms with Gasteiger partial charge in [0.25, 0.3) is 0 Å². The van der Waals surface area contributed by atoms with E-state index in [4.69, 9.17) is 5.73 Å². The van der Waals surface area contributed by atoms with Crippen LogP contribution in [0.15, 0.2) is 17.4 Å². The quantitative estimate of drug-likeness (QED) is 0.471. The second-order valence-corrected chi connectivity index (χ2v) is 6.12. The van der Waals surface area contributed by atoms with Crippen LogP contribution in [0.1, 0.15) is 50.9 Å². The Morgan fingerprint density at radius 1 is 1.35 bits per heavy atom. The van der Waals surface area contributed by atoms with E-state index in [2.05, 4.69) is 41.0 Å². The summed E-state index contributed by atoms with van der Waals surface area (Å²) in [6.07, 6.45) is 7.10. The van der Waals surface area contributed by atoms with Crippen molar-refractivity contribution in [2.24, 2.45) is 10.7 Å². The summed E-state index contributed by atoms with van der Waals surface area (Å²) in [7, 11) is 0. The van der Waals surface area contributed by atoms with Crippen LogP contribution in [0, 0.1) is 0 Å². The van der Waals surface area contributed by atoms with Crippen molar-refractivity contribution in [3.8, 4) is 0 Å². The zero-order valence-corrected chi connectivity index (χ0v) is 14.7. The molecule has 6 heteroatoms. The fourth-order valence-electron chi connectivity index (χ4n) is 1.78. The highest BCUT2D eigenvalue weighted by Crippen LogP contribution is 2.37. The molecule has 20 heavy (non-hydrogen) atoms. The molecular formula is C14H24IN5. The van der Waals surface area contributed by atoms with Gasteiger partial charge < -0.3 is 11.1 Å². The van der Waals surface area contributed by atoms with Crippen molar-refractivity contribution in [3.63, 3.8) is 0 Å². The van der Waals surface area contributed by atoms with Gasteiger partial charge in [0.15, 0.2) is 5.96 Å². The molecule has 0 amide bonds. The molecule has 0 aliphatic heterocycles. The molecule has 0 atom stereocenters. The second kappa shape index (κ2) is 7.19. The molecule has 1 aromatic heterocycles. The van der Waals surface area contributed by atoms with Crippen molar-refractivity contribution in [2.75, 3.05) is 6.54 Å². The lowest BCUT2D eigenvalue weighted by Crippen LogP contribution is -2.45. The molecule has 1 heterocycles. The fourth-order valence-corrected chi connectivity index (χ4v) is 1.78. The van der Waals surface area contributed by atoms with E-state index in [0.717, 1.165) is 17.8 Å². The van der Waals surface area contributed by atoms with Crippen LogP contribution in [0.25, 0.3) is 0 Å². The Balaban J connectivity index is 0.00000200. The minimum absolute atomic E-state index is 0. The maximum atomic E-state index is 5.80. The van der Waals surface area contributed by atoms with Crippen molar-refractivity contribution in [2.45, 2.75) is 51.5 Å². The molecule has 0 radical (unpaired) electrons. The first-order valence-corrected chi connectivity index (χ1v) is 6.83. The third kappa shape index (κ3) is 6.02. The third-order valence-electron chi connectivity index (χ3n) is 2.85. The smallest absolute Gasteiger partial charge is 0.188 e. The highest BCUT2D eigenvalue weighted by atomic mass is 127. The summed E-state index contributed by atoms with van der Waals surface area (Å²) in [5, 5.41) is 3.13. The Bertz CT molecular complexity index is 446. The molecule has 5 nitrogen and oxygen atoms in total. The van der Waals surface area contributed by atoms with Crippen molar-refractivity contribution in [1.29, 1.82) is 0 Å². The molecule has 3 N–H and O–H groups in total. The van der Waals surface area contributed by atoms with Gasteiger partial charge in [-0.05, 0) is 45.6 Å². The van der Waals surface area contributed by atoms with Crippen LogP contribution < -0.4 is 11.1 Å². The van der Waals surface area contributed by atoms with Gasteiger partial charge in [-0.15, -0.1) is 24.0 Å². The zero-order valence-electron chi connectivity index (χ0n) is 12.4. The molecule has 1 aliphatic carbocycles. The largest absolute Gasteiger partial charge is 0.370 e. The van der Waals surface area contributed by atoms with Crippen LogP contribution >= 0.6 is 24.0 Å². The number of guanidine groups is 1. The number of halogens is 1. The normalized spacial score (nSPS) is 15.7. The van der Waals surface area contributed by atoms with Gasteiger partial charge in [0.05, 0.1) is 0 Å². The molecule has 2 rings (SSSR count). The van der Waals surface area contributed by atoms with Crippen LogP contribution in [-0.4, -0.2) is 28.0 Å². The third-order valence-corrected chi connectivity index (χ3v) is 2.85. The van der Waals surface area contributed by atoms with Gasteiger partial charge in [0, 0.05) is 30.4 Å². The van der Waals surface area contributed by atoms with Crippen LogP contribution in [0.5, 0.6) is 0 Å². The van der Waals surface area contributed by atoms with E-state index < -0.39 is 0 Å². The van der Waals surface area contributed by atoms with E-state index in [-0.39, 0.29) is 29.5 Å². The maximum Gasteiger partial charge on any atom is 0.188 e. The van der Waals surface area contributed by atoms with Gasteiger partial charge >= 0.3 is 0 Å². The van der Waals surface area contributed by atoms with E-state index >= 15 is 0 Å². The van der Waals surface area contributed by atoms with Crippen molar-refractivity contribution < 1.29 is 0 Å². The number of nitrogens with zero attached hydrogens (tertiary/aromatic N) is 3. The summed E-state index contributed by atoms with van der Waals surface area (Å²) in [5.41, 5.74) is 6.86. The average molecular weight is 389 g/mol. The Morgan fingerprint density at radius 3 is 2.45 bits per heavy atom. The SMILES string of the molecule is CC(C)(C)NC(N)=NCCc1cnc(C2CC2)nc1.I. The van der Waals surface area contributed by atoms with Crippen LogP contribution in [0.4, 0.5) is 0 Å². The van der Waals surface area contributed by atoms with Gasteiger partial charge in [-0.25, -0.2) is 9.97 Å². The molecule has 0 saturated heterocycles. The topological polar surface area (TPSA) is 76.2 Å². The summed E-state index contributed by atoms with van der Waals surface area (Å²) >= 11 is 0. The van der Waals surface area contributed by atoms with Gasteiger partial charge in [0.2, 0.25) is 0 Å². The predicted octanol–water partition coefficient (Wildman–Crippen LogP) is 2.22. The second-order valence-electron chi connectivity index (χ2n) is 6.12. The summed E-state index contributed by atoms with van der Waals surface area (Å²) in [4.78, 5) is 13.1. The summed E-state index contributed by atoms with van der Waals surface area (Å²) in [6, 6.07) is 0. The summed E-state index contributed by atoms with van der Waals surface area (Å²) in [6.45, 7) is 6.82. The zero-order chi connectivity index (χ0) is 13.9. The van der Waals surface area contributed by atoms with Crippen molar-refractivity contribution >= 4 is 29.9 Å². The van der Waals surface area contributed by atoms with E-state index in [9.17, 15) is 0 Å². The molecule has 0 spiro atoms. The number of rotatable bonds is 4. The lowest BCUT2D eigenvalue weighted by Gasteiger charge is -2.20. The molecule has 112 valence electrons. The number of nitrogens with two attached hydrogens (primary N) is 1. The van der Waals surface area contributed by atoms with Gasteiger partial charge in [0.1, 0.15) is 5.82 Å². The summed E-state index contributed by atoms with van der Waals surface area (Å²) < 4.78 is 0. The highest BCUT2D eigenvalue weighted by Gasteiger charge is 2.25. The first-order chi connectivity index (χ1) is 8.94. The molecule has 1 fully saturated rings. The first kappa shape index (κ1) is 17.1. The minimum Gasteiger partial charge on any atom is -0.370 e. The number of aliphatic imine (C=N–C) groups is 1. The molecule has 1 aromatic rings. The molecule has 0 aromatic carbocycles. The number of hydrogen-bond acceptors (Lipinski definition) is 3. The summed E-state index contributed by atoms with van der Waals surface area (Å²) in [5.74, 6) is 2.09. The Hall–Kier alpha value is -0.920. The Morgan fingerprint density at radius 2 is 1.95 bits per heavy atom. The fraction of sp³-hybridized carbons (Fsp3) is 0.643.